The van der Waals surface area contributed by atoms with Gasteiger partial charge in [-0.05, 0) is 6.92 Å². The van der Waals surface area contributed by atoms with Crippen molar-refractivity contribution in [2.45, 2.75) is 37.2 Å². The predicted molar refractivity (Wildman–Crippen MR) is 91.7 cm³/mol. The van der Waals surface area contributed by atoms with E-state index in [1.165, 1.54) is 16.7 Å². The molecule has 3 heterocycles. The molecule has 1 saturated heterocycles. The molecule has 0 aliphatic carbocycles. The van der Waals surface area contributed by atoms with Crippen LogP contribution in [0, 0.1) is 5.92 Å². The Hall–Kier alpha value is -2.11. The second-order valence-corrected chi connectivity index (χ2v) is 7.81. The highest BCUT2D eigenvalue weighted by Gasteiger charge is 2.57. The van der Waals surface area contributed by atoms with Crippen molar-refractivity contribution in [3.8, 4) is 0 Å². The van der Waals surface area contributed by atoms with Gasteiger partial charge in [-0.2, -0.15) is 0 Å². The lowest BCUT2D eigenvalue weighted by Gasteiger charge is -2.44. The van der Waals surface area contributed by atoms with Crippen molar-refractivity contribution >= 4 is 35.4 Å². The molecule has 4 atom stereocenters. The van der Waals surface area contributed by atoms with Crippen molar-refractivity contribution in [3.05, 3.63) is 10.6 Å². The summed E-state index contributed by atoms with van der Waals surface area (Å²) >= 11 is 1.38. The fraction of sp³-hybridized carbons (Fsp3) is 0.600. The molecule has 3 aliphatic heterocycles. The van der Waals surface area contributed by atoms with Crippen molar-refractivity contribution in [2.75, 3.05) is 13.2 Å². The van der Waals surface area contributed by atoms with Gasteiger partial charge < -0.3 is 20.8 Å². The van der Waals surface area contributed by atoms with Crippen molar-refractivity contribution in [3.63, 3.8) is 0 Å². The lowest BCUT2D eigenvalue weighted by Crippen LogP contribution is -2.61. The van der Waals surface area contributed by atoms with Gasteiger partial charge in [-0.25, -0.2) is 4.79 Å². The molecule has 0 spiro atoms. The summed E-state index contributed by atoms with van der Waals surface area (Å²) in [5.74, 6) is -2.09. The first kappa shape index (κ1) is 18.7. The number of carbonyl (C=O) groups is 3. The van der Waals surface area contributed by atoms with Crippen LogP contribution in [-0.2, 0) is 19.2 Å². The van der Waals surface area contributed by atoms with Crippen LogP contribution in [0.3, 0.4) is 0 Å². The van der Waals surface area contributed by atoms with Gasteiger partial charge in [0.25, 0.3) is 0 Å². The molecule has 0 aromatic heterocycles. The zero-order valence-corrected chi connectivity index (χ0v) is 14.9. The van der Waals surface area contributed by atoms with Gasteiger partial charge in [-0.15, -0.1) is 11.8 Å². The van der Waals surface area contributed by atoms with E-state index in [0.29, 0.717) is 30.1 Å². The number of fused-ring (bicyclic) bond motifs is 1. The Morgan fingerprint density at radius 3 is 2.85 bits per heavy atom. The van der Waals surface area contributed by atoms with Crippen molar-refractivity contribution in [1.29, 1.82) is 0 Å². The van der Waals surface area contributed by atoms with Crippen molar-refractivity contribution in [1.82, 2.24) is 10.4 Å². The third-order valence-corrected chi connectivity index (χ3v) is 5.80. The monoisotopic (exact) mass is 384 g/mol. The number of primary amides is 1. The van der Waals surface area contributed by atoms with E-state index in [1.54, 1.807) is 6.92 Å². The molecule has 1 fully saturated rings. The minimum absolute atomic E-state index is 0.00201. The molecule has 3 rings (SSSR count). The lowest BCUT2D eigenvalue weighted by molar-refractivity contribution is -0.161. The topological polar surface area (TPSA) is 155 Å². The van der Waals surface area contributed by atoms with Gasteiger partial charge in [-0.1, -0.05) is 0 Å². The number of aliphatic carboxylic acids is 1. The highest BCUT2D eigenvalue weighted by Crippen LogP contribution is 2.48. The standard InChI is InChI=1S/C15H20N4O6S/c1-6(20)12-8-3-9(13(15(23)24)19(8)14(12)22)26-7-2-11(17-4-7)18-25-5-10(16)21/h6-8,12,20H,2-5H2,1H3,(H2,16,21)(H,17,18)(H,23,24)/t6?,7-,8+,12+/m0/s1. The number of carboxylic acids is 1. The van der Waals surface area contributed by atoms with Crippen LogP contribution in [0.4, 0.5) is 0 Å². The minimum atomic E-state index is -1.14. The second-order valence-electron chi connectivity index (χ2n) is 6.41. The molecule has 3 aliphatic rings. The van der Waals surface area contributed by atoms with E-state index in [1.807, 2.05) is 0 Å². The van der Waals surface area contributed by atoms with Crippen molar-refractivity contribution in [2.24, 2.45) is 16.6 Å². The van der Waals surface area contributed by atoms with Crippen LogP contribution in [0.1, 0.15) is 19.8 Å². The molecule has 1 unspecified atom stereocenters. The van der Waals surface area contributed by atoms with Gasteiger partial charge in [0.05, 0.1) is 24.6 Å². The number of amides is 2. The maximum absolute atomic E-state index is 12.2. The number of nitrogens with two attached hydrogens (primary N) is 1. The van der Waals surface area contributed by atoms with Gasteiger partial charge in [0, 0.05) is 23.0 Å². The molecule has 0 radical (unpaired) electrons. The number of carboxylic acid groups (broad SMARTS) is 1. The highest BCUT2D eigenvalue weighted by molar-refractivity contribution is 8.03. The maximum Gasteiger partial charge on any atom is 0.353 e. The number of aliphatic hydroxyl groups is 1. The molecule has 26 heavy (non-hydrogen) atoms. The van der Waals surface area contributed by atoms with Gasteiger partial charge in [0.2, 0.25) is 11.8 Å². The molecule has 2 amide bonds. The SMILES string of the molecule is CC(O)[C@H]1C(=O)N2C(C(=O)O)=C(S[C@@H]3CN=C(NOCC(N)=O)C3)C[C@H]12. The second kappa shape index (κ2) is 7.25. The number of amidine groups is 1. The number of nitrogens with zero attached hydrogens (tertiary/aromatic N) is 2. The fourth-order valence-electron chi connectivity index (χ4n) is 3.44. The van der Waals surface area contributed by atoms with E-state index >= 15 is 0 Å². The van der Waals surface area contributed by atoms with E-state index in [0.717, 1.165) is 0 Å². The number of hydrogen-bond acceptors (Lipinski definition) is 8. The number of aliphatic hydroxyl groups excluding tert-OH is 1. The summed E-state index contributed by atoms with van der Waals surface area (Å²) in [6.07, 6.45) is 0.125. The maximum atomic E-state index is 12.2. The number of hydrogen-bond donors (Lipinski definition) is 4. The van der Waals surface area contributed by atoms with Crippen LogP contribution in [0.2, 0.25) is 0 Å². The summed E-state index contributed by atoms with van der Waals surface area (Å²) in [7, 11) is 0. The largest absolute Gasteiger partial charge is 0.477 e. The molecule has 142 valence electrons. The summed E-state index contributed by atoms with van der Waals surface area (Å²) in [4.78, 5) is 45.5. The molecule has 5 N–H and O–H groups in total. The quantitative estimate of drug-likeness (QED) is 0.315. The van der Waals surface area contributed by atoms with E-state index < -0.39 is 23.9 Å². The van der Waals surface area contributed by atoms with Gasteiger partial charge in [-0.3, -0.25) is 24.9 Å². The number of rotatable bonds is 7. The Bertz CT molecular complexity index is 706. The first-order valence-electron chi connectivity index (χ1n) is 8.13. The Balaban J connectivity index is 1.61. The van der Waals surface area contributed by atoms with Crippen molar-refractivity contribution < 1.29 is 29.4 Å². The zero-order valence-electron chi connectivity index (χ0n) is 14.0. The first-order chi connectivity index (χ1) is 12.3. The average molecular weight is 384 g/mol. The summed E-state index contributed by atoms with van der Waals surface area (Å²) in [5.41, 5.74) is 7.55. The Morgan fingerprint density at radius 2 is 2.23 bits per heavy atom. The number of hydroxylamine groups is 1. The average Bonchev–Trinajstić information content (AvgIpc) is 3.09. The van der Waals surface area contributed by atoms with E-state index in [-0.39, 0.29) is 29.5 Å². The number of aliphatic imine (C=N–C) groups is 1. The number of nitrogens with one attached hydrogen (secondary N) is 1. The zero-order chi connectivity index (χ0) is 19.0. The number of carbonyl (C=O) groups excluding carboxylic acids is 2. The predicted octanol–water partition coefficient (Wildman–Crippen LogP) is -1.20. The van der Waals surface area contributed by atoms with E-state index in [2.05, 4.69) is 10.5 Å². The smallest absolute Gasteiger partial charge is 0.353 e. The lowest BCUT2D eigenvalue weighted by atomic mass is 9.83. The van der Waals surface area contributed by atoms with Crippen LogP contribution < -0.4 is 11.2 Å². The first-order valence-corrected chi connectivity index (χ1v) is 9.01. The molecule has 0 saturated carbocycles. The van der Waals surface area contributed by atoms with Gasteiger partial charge in [0.1, 0.15) is 11.5 Å². The summed E-state index contributed by atoms with van der Waals surface area (Å²) < 4.78 is 0. The van der Waals surface area contributed by atoms with E-state index in [4.69, 9.17) is 10.6 Å². The molecule has 11 heteroatoms. The summed E-state index contributed by atoms with van der Waals surface area (Å²) in [6, 6.07) is -0.296. The van der Waals surface area contributed by atoms with Gasteiger partial charge >= 0.3 is 5.97 Å². The van der Waals surface area contributed by atoms with Gasteiger partial charge in [0.15, 0.2) is 6.61 Å². The van der Waals surface area contributed by atoms with Crippen LogP contribution >= 0.6 is 11.8 Å². The third-order valence-electron chi connectivity index (χ3n) is 4.51. The van der Waals surface area contributed by atoms with E-state index in [9.17, 15) is 24.6 Å². The van der Waals surface area contributed by atoms with Crippen LogP contribution in [-0.4, -0.2) is 69.3 Å². The molecule has 0 bridgehead atoms. The highest BCUT2D eigenvalue weighted by atomic mass is 32.2. The Kier molecular flexibility index (Phi) is 5.21. The molecule has 10 nitrogen and oxygen atoms in total. The molecule has 0 aromatic rings. The third kappa shape index (κ3) is 3.41. The number of thioether (sulfide) groups is 1. The number of β-lactam (4-membered cyclic amide) rings is 1. The van der Waals surface area contributed by atoms with Crippen LogP contribution in [0.25, 0.3) is 0 Å². The Labute approximate surface area is 153 Å². The fourth-order valence-corrected chi connectivity index (χ4v) is 4.79. The van der Waals surface area contributed by atoms with Crippen LogP contribution in [0.15, 0.2) is 15.6 Å². The molecular formula is C15H20N4O6S. The van der Waals surface area contributed by atoms with Crippen LogP contribution in [0.5, 0.6) is 0 Å². The molecule has 0 aromatic carbocycles. The normalized spacial score (nSPS) is 28.5. The summed E-state index contributed by atoms with van der Waals surface area (Å²) in [5, 5.41) is 19.3. The Morgan fingerprint density at radius 1 is 1.50 bits per heavy atom. The summed E-state index contributed by atoms with van der Waals surface area (Å²) in [6.45, 7) is 1.73. The molecular weight excluding hydrogens is 364 g/mol. The minimum Gasteiger partial charge on any atom is -0.477 e.